The van der Waals surface area contributed by atoms with Crippen LogP contribution in [0.3, 0.4) is 0 Å². The normalized spacial score (nSPS) is 12.8. The molecule has 0 saturated carbocycles. The Kier molecular flexibility index (Phi) is 25.8. The third-order valence-electron chi connectivity index (χ3n) is 13.0. The van der Waals surface area contributed by atoms with Gasteiger partial charge in [0.1, 0.15) is 57.9 Å². The molecule has 0 radical (unpaired) electrons. The number of rotatable bonds is 14. The molecule has 3 aromatic heterocycles. The van der Waals surface area contributed by atoms with Crippen LogP contribution in [-0.2, 0) is 18.5 Å². The number of anilines is 3. The molecule has 23 nitrogen and oxygen atoms in total. The Bertz CT molecular complexity index is 5670. The van der Waals surface area contributed by atoms with E-state index in [9.17, 15) is 94.6 Å². The van der Waals surface area contributed by atoms with Gasteiger partial charge in [0.25, 0.3) is 34.4 Å². The Morgan fingerprint density at radius 3 is 1.08 bits per heavy atom. The zero-order valence-electron chi connectivity index (χ0n) is 66.8. The van der Waals surface area contributed by atoms with Crippen molar-refractivity contribution in [3.63, 3.8) is 0 Å². The Morgan fingerprint density at radius 2 is 0.708 bits per heavy atom. The second kappa shape index (κ2) is 40.3. The summed E-state index contributed by atoms with van der Waals surface area (Å²) in [5.74, 6) is -12.7. The molecule has 11 aromatic rings. The number of carbonyl (C=O) groups is 3. The number of amides is 3. The van der Waals surface area contributed by atoms with Crippen LogP contribution in [-0.4, -0.2) is 86.7 Å². The third-order valence-corrected chi connectivity index (χ3v) is 15.3. The number of phenolic OH excluding ortho intramolecular Hbond substituents is 2. The molecule has 596 valence electrons. The van der Waals surface area contributed by atoms with Gasteiger partial charge in [-0.2, -0.15) is 54.8 Å². The zero-order chi connectivity index (χ0) is 94.0. The second-order valence-electron chi connectivity index (χ2n) is 20.9. The number of hydrogen-bond acceptors (Lipinski definition) is 17. The summed E-state index contributed by atoms with van der Waals surface area (Å²) in [5, 5.41) is 38.5. The van der Waals surface area contributed by atoms with E-state index in [0.717, 1.165) is 91.4 Å². The minimum Gasteiger partial charge on any atom is -0.507 e. The summed E-state index contributed by atoms with van der Waals surface area (Å²) >= 11 is 22.9. The fourth-order valence-electron chi connectivity index (χ4n) is 8.07. The van der Waals surface area contributed by atoms with Crippen LogP contribution in [0, 0.1) is 34.9 Å². The first kappa shape index (κ1) is 72.5. The van der Waals surface area contributed by atoms with Crippen LogP contribution in [0.2, 0.25) is 15.1 Å². The molecule has 3 heterocycles. The standard InChI is InChI=1S/2C19H12ClF4N3O4.C12H6ClF4N3O2.C7H6BrFO.C7H7FO2.C6H4BrFO/c2*1-30-16-4-9(21)2-3-14(16)31-15-7-12(19(22,23)24)13(20)6-11(15)18(29)26-10-5-17(28)27-25-8-10;13-8-2-6(9(14)3-7(8)12(15,16)17)11(22)19-5-1-10(21)20-18-4-5;1-10-7-4-5(9)2-3-6(7)8;1-10-7-4-5(8)2-3-6(7)9;7-5-2-1-4(8)3-6(5)9/h2*2-8H,1H3,(H2,26,27,28,29);1-4H,(H2,19,20,21,22);2-4H,1H3;2-4,9H,1H3;1-3,9H/i2*1D3;;2*1D3;. The summed E-state index contributed by atoms with van der Waals surface area (Å²) < 4.78 is 310. The molecule has 8 N–H and O–H groups in total. The first-order valence-electron chi connectivity index (χ1n) is 35.3. The molecule has 0 saturated heterocycles. The highest BCUT2D eigenvalue weighted by Gasteiger charge is 2.38. The lowest BCUT2D eigenvalue weighted by molar-refractivity contribution is -0.138. The van der Waals surface area contributed by atoms with Crippen LogP contribution >= 0.6 is 66.7 Å². The van der Waals surface area contributed by atoms with E-state index < -0.39 is 205 Å². The summed E-state index contributed by atoms with van der Waals surface area (Å²) in [6.07, 6.45) is -11.5. The number of aromatic nitrogens is 6. The van der Waals surface area contributed by atoms with E-state index in [1.54, 1.807) is 0 Å². The number of halogens is 20. The van der Waals surface area contributed by atoms with Gasteiger partial charge in [-0.3, -0.25) is 28.8 Å². The number of nitrogens with one attached hydrogen (secondary N) is 6. The number of benzene rings is 8. The van der Waals surface area contributed by atoms with E-state index in [0.29, 0.717) is 51.4 Å². The number of ether oxygens (including phenoxy) is 6. The van der Waals surface area contributed by atoms with Gasteiger partial charge in [0.15, 0.2) is 34.5 Å². The average Bonchev–Trinajstić information content (AvgIpc) is 0.790. The molecule has 3 amide bonds. The van der Waals surface area contributed by atoms with Gasteiger partial charge in [-0.1, -0.05) is 34.8 Å². The van der Waals surface area contributed by atoms with Gasteiger partial charge in [0, 0.05) is 48.5 Å². The van der Waals surface area contributed by atoms with Gasteiger partial charge in [-0.15, -0.1) is 0 Å². The maximum absolute atomic E-state index is 13.7. The molecule has 0 spiro atoms. The van der Waals surface area contributed by atoms with Crippen molar-refractivity contribution in [2.75, 3.05) is 44.1 Å². The lowest BCUT2D eigenvalue weighted by Crippen LogP contribution is -2.17. The van der Waals surface area contributed by atoms with Crippen LogP contribution in [0.1, 0.15) is 64.2 Å². The quantitative estimate of drug-likeness (QED) is 0.0469. The van der Waals surface area contributed by atoms with Gasteiger partial charge in [0.05, 0.1) is 138 Å². The number of carbonyl (C=O) groups excluding carboxylic acids is 3. The monoisotopic (exact) mass is 1800 g/mol. The van der Waals surface area contributed by atoms with E-state index in [1.165, 1.54) is 24.3 Å². The van der Waals surface area contributed by atoms with Gasteiger partial charge in [-0.05, 0) is 129 Å². The maximum atomic E-state index is 13.7. The van der Waals surface area contributed by atoms with E-state index in [-0.39, 0.29) is 40.4 Å². The minimum absolute atomic E-state index is 0.0278. The van der Waals surface area contributed by atoms with Gasteiger partial charge in [-0.25, -0.2) is 41.6 Å². The van der Waals surface area contributed by atoms with Gasteiger partial charge in [0.2, 0.25) is 0 Å². The Hall–Kier alpha value is -12.0. The topological polar surface area (TPSA) is 320 Å². The number of H-pyrrole nitrogens is 3. The molecule has 0 aliphatic heterocycles. The zero-order valence-corrected chi connectivity index (χ0v) is 60.2. The highest BCUT2D eigenvalue weighted by atomic mass is 79.9. The van der Waals surface area contributed by atoms with Crippen LogP contribution in [0.15, 0.2) is 188 Å². The summed E-state index contributed by atoms with van der Waals surface area (Å²) in [6, 6.07) is 20.7. The first-order valence-corrected chi connectivity index (χ1v) is 32.1. The molecule has 0 aliphatic rings. The molecule has 8 aromatic carbocycles. The molecular weight excluding hydrogens is 1740 g/mol. The van der Waals surface area contributed by atoms with Crippen molar-refractivity contribution in [1.82, 2.24) is 30.6 Å². The summed E-state index contributed by atoms with van der Waals surface area (Å²) in [6.45, 7) is 0. The molecule has 11 rings (SSSR count). The molecule has 43 heteroatoms. The highest BCUT2D eigenvalue weighted by Crippen LogP contribution is 2.44. The fraction of sp³-hybridized carbons (Fsp3) is 0.100. The summed E-state index contributed by atoms with van der Waals surface area (Å²) in [4.78, 5) is 71.1. The second-order valence-corrected chi connectivity index (χ2v) is 23.8. The highest BCUT2D eigenvalue weighted by molar-refractivity contribution is 9.11. The average molecular weight is 1800 g/mol. The summed E-state index contributed by atoms with van der Waals surface area (Å²) in [7, 11) is -11.3. The van der Waals surface area contributed by atoms with E-state index in [2.05, 4.69) is 97.3 Å². The van der Waals surface area contributed by atoms with E-state index >= 15 is 0 Å². The van der Waals surface area contributed by atoms with Gasteiger partial charge < -0.3 is 54.6 Å². The molecule has 113 heavy (non-hydrogen) atoms. The summed E-state index contributed by atoms with van der Waals surface area (Å²) in [5.41, 5.74) is -8.06. The fourth-order valence-corrected chi connectivity index (χ4v) is 9.46. The van der Waals surface area contributed by atoms with Crippen molar-refractivity contribution in [3.8, 4) is 57.5 Å². The lowest BCUT2D eigenvalue weighted by atomic mass is 10.1. The number of aromatic amines is 3. The predicted molar refractivity (Wildman–Crippen MR) is 385 cm³/mol. The van der Waals surface area contributed by atoms with Crippen molar-refractivity contribution < 1.29 is 135 Å². The number of methoxy groups -OCH3 is 4. The number of nitrogens with zero attached hydrogens (tertiary/aromatic N) is 3. The van der Waals surface area contributed by atoms with Gasteiger partial charge >= 0.3 is 18.5 Å². The van der Waals surface area contributed by atoms with Crippen LogP contribution in [0.25, 0.3) is 0 Å². The maximum Gasteiger partial charge on any atom is 0.417 e. The van der Waals surface area contributed by atoms with Crippen molar-refractivity contribution in [3.05, 3.63) is 288 Å². The van der Waals surface area contributed by atoms with Crippen molar-refractivity contribution >= 4 is 101 Å². The van der Waals surface area contributed by atoms with Crippen molar-refractivity contribution in [2.45, 2.75) is 18.5 Å². The Morgan fingerprint density at radius 1 is 0.389 bits per heavy atom. The lowest BCUT2D eigenvalue weighted by Gasteiger charge is -2.17. The largest absolute Gasteiger partial charge is 0.507 e. The smallest absolute Gasteiger partial charge is 0.417 e. The van der Waals surface area contributed by atoms with E-state index in [1.807, 2.05) is 0 Å². The molecule has 0 aliphatic carbocycles. The van der Waals surface area contributed by atoms with Crippen molar-refractivity contribution in [1.29, 1.82) is 0 Å². The van der Waals surface area contributed by atoms with Crippen LogP contribution in [0.4, 0.5) is 82.9 Å². The number of alkyl halides is 9. The number of phenols is 2. The SMILES string of the molecule is O=C(Nc1cn[nH]c(=O)c1)c1cc(Cl)c(C(F)(F)F)cc1F.Oc1cc(F)ccc1Br.[2H]C([2H])([2H])Oc1cc(F)ccc1Br.[2H]C([2H])([2H])Oc1cc(F)ccc1O.[2H]C([2H])([2H])Oc1cc(F)ccc1Oc1cc(C(F)(F)F)c(Cl)cc1C(=O)Nc1cn[nH]c(=O)c1.[2H]C([2H])([2H])Oc1cc(F)ccc1Oc1cc(C(F)(F)F)c(Cl)cc1C(=O)Nc1cn[nH]c(=O)c1. The third kappa shape index (κ3) is 26.9. The first-order chi connectivity index (χ1) is 57.6. The minimum atomic E-state index is -4.94. The van der Waals surface area contributed by atoms with Crippen molar-refractivity contribution in [2.24, 2.45) is 0 Å². The Labute approximate surface area is 672 Å². The Balaban J connectivity index is 0.000000246. The molecule has 0 unspecified atom stereocenters. The van der Waals surface area contributed by atoms with E-state index in [4.69, 9.17) is 70.9 Å². The van der Waals surface area contributed by atoms with Crippen LogP contribution < -0.4 is 61.0 Å². The molecule has 0 atom stereocenters. The molecular formula is C70H47Br2Cl3F15N9O14. The molecule has 0 fully saturated rings. The van der Waals surface area contributed by atoms with Crippen LogP contribution in [0.5, 0.6) is 57.5 Å². The molecule has 0 bridgehead atoms. The predicted octanol–water partition coefficient (Wildman–Crippen LogP) is 18.5. The number of hydrogen-bond donors (Lipinski definition) is 8. The number of aromatic hydroxyl groups is 2.